The Hall–Kier alpha value is -2.90. The largest absolute Gasteiger partial charge is 0.469 e. The predicted octanol–water partition coefficient (Wildman–Crippen LogP) is 25.6. The van der Waals surface area contributed by atoms with Crippen molar-refractivity contribution in [2.24, 2.45) is 192 Å². The molecule has 16 saturated carbocycles. The molecule has 0 amide bonds. The Morgan fingerprint density at radius 1 is 0.416 bits per heavy atom. The van der Waals surface area contributed by atoms with E-state index in [0.717, 1.165) is 172 Å². The van der Waals surface area contributed by atoms with Crippen LogP contribution in [-0.2, 0) is 48.3 Å². The van der Waals surface area contributed by atoms with Crippen LogP contribution < -0.4 is 9.86 Å². The molecule has 17 fully saturated rings. The average molecular weight is 2110 g/mol. The van der Waals surface area contributed by atoms with E-state index in [-0.39, 0.29) is 172 Å². The van der Waals surface area contributed by atoms with Crippen LogP contribution in [0.4, 0.5) is 0 Å². The van der Waals surface area contributed by atoms with E-state index in [2.05, 4.69) is 209 Å². The third-order valence-corrected chi connectivity index (χ3v) is 53.1. The van der Waals surface area contributed by atoms with Crippen LogP contribution in [0.25, 0.3) is 0 Å². The molecule has 17 aliphatic rings. The molecule has 0 radical (unpaired) electrons. The summed E-state index contributed by atoms with van der Waals surface area (Å²) in [6.07, 6.45) is 41.4. The predicted molar refractivity (Wildman–Crippen MR) is 596 cm³/mol. The normalized spacial score (nSPS) is 48.0. The fraction of sp³-hybridized carbons (Fsp3) is 0.930. The minimum atomic E-state index is -3.77. The van der Waals surface area contributed by atoms with Crippen LogP contribution in [0.2, 0.25) is 0 Å². The second-order valence-corrected chi connectivity index (χ2v) is 63.8. The van der Waals surface area contributed by atoms with Crippen molar-refractivity contribution in [2.45, 2.75) is 549 Å². The smallest absolute Gasteiger partial charge is 0.317 e. The summed E-state index contributed by atoms with van der Waals surface area (Å²) in [5.41, 5.74) is -0.777. The van der Waals surface area contributed by atoms with Crippen molar-refractivity contribution in [2.75, 3.05) is 14.2 Å². The van der Waals surface area contributed by atoms with E-state index in [1.807, 2.05) is 40.9 Å². The van der Waals surface area contributed by atoms with Crippen LogP contribution in [0.3, 0.4) is 0 Å². The molecule has 41 atom stereocenters. The number of carbonyl (C=O) groups excluding carboxylic acids is 3. The lowest BCUT2D eigenvalue weighted by molar-refractivity contribution is -0.252. The van der Waals surface area contributed by atoms with E-state index in [4.69, 9.17) is 24.1 Å². The van der Waals surface area contributed by atoms with Gasteiger partial charge in [-0.2, -0.15) is 13.1 Å². The molecular formula is C128H220N2O18S. The number of allylic oxidation sites excluding steroid dienone is 4. The molecule has 1 aliphatic heterocycles. The first kappa shape index (κ1) is 122. The van der Waals surface area contributed by atoms with Crippen molar-refractivity contribution in [3.05, 3.63) is 35.5 Å². The van der Waals surface area contributed by atoms with E-state index in [1.54, 1.807) is 19.9 Å². The number of hydrogen-bond donors (Lipinski definition) is 10. The Morgan fingerprint density at radius 2 is 0.805 bits per heavy atom. The van der Waals surface area contributed by atoms with Crippen LogP contribution in [-0.4, -0.2) is 164 Å². The van der Waals surface area contributed by atoms with Crippen molar-refractivity contribution in [3.8, 4) is 0 Å². The van der Waals surface area contributed by atoms with Gasteiger partial charge in [-0.1, -0.05) is 181 Å². The minimum Gasteiger partial charge on any atom is -0.469 e. The van der Waals surface area contributed by atoms with Gasteiger partial charge in [0.1, 0.15) is 18.6 Å². The molecule has 1 heterocycles. The number of nitrogens with one attached hydrogen (secondary N) is 1. The molecule has 20 nitrogen and oxygen atoms in total. The van der Waals surface area contributed by atoms with E-state index >= 15 is 0 Å². The lowest BCUT2D eigenvalue weighted by Crippen LogP contribution is -2.67. The first-order chi connectivity index (χ1) is 68.1. The molecule has 0 aromatic carbocycles. The van der Waals surface area contributed by atoms with Crippen LogP contribution in [0.5, 0.6) is 0 Å². The first-order valence-corrected chi connectivity index (χ1v) is 61.7. The Morgan fingerprint density at radius 3 is 1.25 bits per heavy atom. The molecular weight excluding hydrogens is 1890 g/mol. The van der Waals surface area contributed by atoms with Crippen LogP contribution in [0.1, 0.15) is 467 Å². The molecule has 17 rings (SSSR count). The van der Waals surface area contributed by atoms with Gasteiger partial charge in [0.15, 0.2) is 0 Å². The molecule has 0 bridgehead atoms. The van der Waals surface area contributed by atoms with Gasteiger partial charge in [-0.05, 0) is 484 Å². The summed E-state index contributed by atoms with van der Waals surface area (Å²) in [4.78, 5) is 36.9. The highest BCUT2D eigenvalue weighted by atomic mass is 32.2. The third kappa shape index (κ3) is 20.5. The van der Waals surface area contributed by atoms with E-state index in [1.165, 1.54) is 76.5 Å². The topological polar surface area (TPSA) is 331 Å². The highest BCUT2D eigenvalue weighted by Gasteiger charge is 2.79. The number of carbonyl (C=O) groups is 3. The van der Waals surface area contributed by atoms with Crippen molar-refractivity contribution in [3.63, 3.8) is 0 Å². The fourth-order valence-electron chi connectivity index (χ4n) is 43.5. The molecule has 0 spiro atoms. The monoisotopic (exact) mass is 2110 g/mol. The standard InChI is InChI=1S/C36H58O8.C32H56O2.C30H54N2O4S.C30H52O4/c1-22(37)43-24-20-26-33(6)17-14-27(44-29(39)21-28(38)42-10)32(4,5)25(33)13-19-34(26,7)35(8)18-12-23(30(24)35)36(9,41)16-11-15-31(2,3)40;1-21(2)12-11-16-32(9,33)23-14-18-31(8)27(23)24(34-10)20-26-29(6)17-13-22(3)28(4,5)25(29)15-19-30(26,31)7;1-19(2)10-9-14-30(8,34)20-11-16-29(7)25(20)21(33)18-23-27(5)15-13-24(32-37(31,35)36)26(3,4)22(27)12-17-28(23,29)6;1-25(2)20-10-15-28(6)21(27(20,5)13-11-22(25)32)17-19(31)24-18(9-14-29(24,28)7)30(8)16-12-23(34-30)26(3,4)33/h11,15,23-27,30,40-41H,12-14,16-21H2,1-10H3;12,22-27,33H,11,13-20H2,1-10H3;10,20-25,32-34H,9,11-18H2,1-8H3,(H2,31,35,36);18-24,31-33H,9-17H2,1-8H3/b15-11+;;;/t23?,24-,25?,26?,27-,30?,33+,34-,35-,36?;22-,23-,24+,25?,26?,27?,29-,30+,31+,32?;20?,21-,22?,23?,24?,25?,27+,28-,29-,30?;18-,19+,20?,21?,22+,23-,24?,27-,28+,29+,30?/m1010/s1. The molecule has 1 saturated heterocycles. The maximum Gasteiger partial charge on any atom is 0.317 e. The van der Waals surface area contributed by atoms with Crippen molar-refractivity contribution in [1.82, 2.24) is 4.72 Å². The zero-order valence-corrected chi connectivity index (χ0v) is 102. The average Bonchev–Trinajstić information content (AvgIpc) is 1.62. The minimum absolute atomic E-state index is 0.0157. The number of hydrogen-bond acceptors (Lipinski definition) is 18. The Labute approximate surface area is 905 Å². The van der Waals surface area contributed by atoms with Crippen LogP contribution >= 0.6 is 0 Å². The lowest BCUT2D eigenvalue weighted by Gasteiger charge is -2.71. The summed E-state index contributed by atoms with van der Waals surface area (Å²) in [6.45, 7) is 76.6. The molecule has 19 unspecified atom stereocenters. The zero-order chi connectivity index (χ0) is 111. The van der Waals surface area contributed by atoms with Gasteiger partial charge in [0.05, 0.1) is 71.2 Å². The van der Waals surface area contributed by atoms with Gasteiger partial charge in [-0.15, -0.1) is 0 Å². The lowest BCUT2D eigenvalue weighted by atomic mass is 9.34. The van der Waals surface area contributed by atoms with Crippen molar-refractivity contribution in [1.29, 1.82) is 0 Å². The number of fused-ring (bicyclic) bond motifs is 20. The van der Waals surface area contributed by atoms with E-state index < -0.39 is 56.3 Å². The number of ether oxygens (including phenoxy) is 5. The summed E-state index contributed by atoms with van der Waals surface area (Å²) < 4.78 is 56.5. The molecule has 149 heavy (non-hydrogen) atoms. The number of esters is 3. The number of aliphatic hydroxyl groups excluding tert-OH is 3. The molecule has 16 aliphatic carbocycles. The Kier molecular flexibility index (Phi) is 33.4. The Balaban J connectivity index is 0.000000157. The van der Waals surface area contributed by atoms with Gasteiger partial charge in [0, 0.05) is 31.4 Å². The Bertz CT molecular complexity index is 4990. The summed E-state index contributed by atoms with van der Waals surface area (Å²) >= 11 is 0. The van der Waals surface area contributed by atoms with Gasteiger partial charge in [0.2, 0.25) is 0 Å². The highest BCUT2D eigenvalue weighted by molar-refractivity contribution is 7.87. The molecule has 856 valence electrons. The highest BCUT2D eigenvalue weighted by Crippen LogP contribution is 2.83. The van der Waals surface area contributed by atoms with Crippen molar-refractivity contribution >= 4 is 28.1 Å². The van der Waals surface area contributed by atoms with Gasteiger partial charge in [0.25, 0.3) is 10.2 Å². The van der Waals surface area contributed by atoms with Crippen LogP contribution in [0, 0.1) is 187 Å². The summed E-state index contributed by atoms with van der Waals surface area (Å²) in [7, 11) is -0.543. The van der Waals surface area contributed by atoms with E-state index in [0.29, 0.717) is 76.4 Å². The molecule has 11 N–H and O–H groups in total. The number of rotatable bonds is 21. The summed E-state index contributed by atoms with van der Waals surface area (Å²) in [6, 6.07) is -0.173. The quantitative estimate of drug-likeness (QED) is 0.0221. The van der Waals surface area contributed by atoms with E-state index in [9.17, 15) is 63.7 Å². The van der Waals surface area contributed by atoms with Crippen LogP contribution in [0.15, 0.2) is 35.5 Å². The summed E-state index contributed by atoms with van der Waals surface area (Å²) in [5, 5.41) is 96.3. The second-order valence-electron chi connectivity index (χ2n) is 62.5. The first-order valence-electron chi connectivity index (χ1n) is 60.1. The van der Waals surface area contributed by atoms with Gasteiger partial charge >= 0.3 is 17.9 Å². The maximum absolute atomic E-state index is 12.6. The molecule has 0 aromatic rings. The van der Waals surface area contributed by atoms with Gasteiger partial charge in [-0.3, -0.25) is 14.4 Å². The maximum atomic E-state index is 12.6. The number of methoxy groups -OCH3 is 2. The SMILES string of the molecule is CC(C)(O)[C@@H]1CCC(C)([C@H]2CC[C@]3(C)C2[C@H](O)CC2[C@@]4(C)CC[C@@H](O)C(C)(C)C4CC[C@]23C)O1.CC(C)=CCCC(C)(O)C1CC[C@]2(C)C1[C@H](O)CC1[C@@]3(C)CCC(NS(N)(=O)=O)C(C)(C)C3CC[C@]12C.COC(=O)CC(=O)O[C@@H]1CC[C@@]2(C)C(CC[C@]3(C)C2C[C@@H](OC(C)=O)C2C(C(C)(O)C/C=C/C(C)(C)O)CC[C@]23C)C1(C)C.CO[C@@H]1CC2[C@@]3(C)CC[C@H](C)C(C)(C)C3CC[C@@]2(C)[C@]2(C)CC[C@H](C(C)(O)CCC=C(C)C)C12. The fourth-order valence-corrected chi connectivity index (χ4v) is 44.3. The van der Waals surface area contributed by atoms with Crippen molar-refractivity contribution < 1.29 is 87.3 Å². The van der Waals surface area contributed by atoms with Gasteiger partial charge in [-0.25, -0.2) is 5.14 Å². The molecule has 21 heteroatoms. The third-order valence-electron chi connectivity index (χ3n) is 52.5. The number of aliphatic hydroxyl groups is 8. The number of nitrogens with two attached hydrogens (primary N) is 1. The summed E-state index contributed by atoms with van der Waals surface area (Å²) in [5.74, 6) is 4.74. The zero-order valence-electron chi connectivity index (χ0n) is 101. The second kappa shape index (κ2) is 41.0. The van der Waals surface area contributed by atoms with Gasteiger partial charge < -0.3 is 64.5 Å². The molecule has 0 aromatic heterocycles.